The van der Waals surface area contributed by atoms with E-state index >= 15 is 0 Å². The van der Waals surface area contributed by atoms with Gasteiger partial charge in [-0.25, -0.2) is 4.79 Å². The number of carbonyl (C=O) groups is 2. The minimum atomic E-state index is -0.372. The molecule has 0 bridgehead atoms. The first-order chi connectivity index (χ1) is 11.5. The van der Waals surface area contributed by atoms with E-state index in [-0.39, 0.29) is 11.9 Å². The number of ether oxygens (including phenoxy) is 2. The summed E-state index contributed by atoms with van der Waals surface area (Å²) in [5.74, 6) is -0.150. The molecule has 24 heavy (non-hydrogen) atoms. The van der Waals surface area contributed by atoms with Gasteiger partial charge in [0.2, 0.25) is 0 Å². The smallest absolute Gasteiger partial charge is 0.337 e. The normalized spacial score (nSPS) is 10.1. The summed E-state index contributed by atoms with van der Waals surface area (Å²) in [4.78, 5) is 23.6. The quantitative estimate of drug-likeness (QED) is 0.815. The van der Waals surface area contributed by atoms with Crippen LogP contribution in [0, 0.1) is 0 Å². The molecule has 0 atom stereocenters. The van der Waals surface area contributed by atoms with Crippen LogP contribution in [0.25, 0.3) is 0 Å². The van der Waals surface area contributed by atoms with Gasteiger partial charge in [-0.05, 0) is 42.3 Å². The Labute approximate surface area is 145 Å². The van der Waals surface area contributed by atoms with Crippen molar-refractivity contribution in [2.45, 2.75) is 6.42 Å². The summed E-state index contributed by atoms with van der Waals surface area (Å²) in [6.07, 6.45) is 0.635. The highest BCUT2D eigenvalue weighted by atomic mass is 35.5. The summed E-state index contributed by atoms with van der Waals surface area (Å²) < 4.78 is 9.82. The fraction of sp³-hybridized carbons (Fsp3) is 0.222. The maximum atomic E-state index is 12.2. The number of benzene rings is 2. The third-order valence-corrected chi connectivity index (χ3v) is 3.72. The van der Waals surface area contributed by atoms with Crippen molar-refractivity contribution in [2.75, 3.05) is 20.8 Å². The van der Waals surface area contributed by atoms with Gasteiger partial charge in [-0.3, -0.25) is 4.79 Å². The number of nitrogens with one attached hydrogen (secondary N) is 1. The van der Waals surface area contributed by atoms with Gasteiger partial charge in [0.05, 0.1) is 25.3 Å². The van der Waals surface area contributed by atoms with E-state index in [0.717, 1.165) is 5.56 Å². The Morgan fingerprint density at radius 1 is 1.08 bits per heavy atom. The zero-order chi connectivity index (χ0) is 17.5. The van der Waals surface area contributed by atoms with Gasteiger partial charge in [-0.2, -0.15) is 0 Å². The SMILES string of the molecule is COC(=O)c1ccc(CCNC(=O)c2cc(Cl)ccc2OC)cc1. The van der Waals surface area contributed by atoms with E-state index in [2.05, 4.69) is 10.1 Å². The molecule has 2 aromatic rings. The zero-order valence-electron chi connectivity index (χ0n) is 13.5. The van der Waals surface area contributed by atoms with Crippen molar-refractivity contribution in [3.63, 3.8) is 0 Å². The topological polar surface area (TPSA) is 64.6 Å². The van der Waals surface area contributed by atoms with Gasteiger partial charge >= 0.3 is 5.97 Å². The number of methoxy groups -OCH3 is 2. The summed E-state index contributed by atoms with van der Waals surface area (Å²) >= 11 is 5.93. The predicted molar refractivity (Wildman–Crippen MR) is 91.8 cm³/mol. The third-order valence-electron chi connectivity index (χ3n) is 3.48. The second-order valence-corrected chi connectivity index (χ2v) is 5.48. The first-order valence-electron chi connectivity index (χ1n) is 7.34. The Hall–Kier alpha value is -2.53. The molecule has 1 N–H and O–H groups in total. The fourth-order valence-corrected chi connectivity index (χ4v) is 2.37. The fourth-order valence-electron chi connectivity index (χ4n) is 2.20. The maximum Gasteiger partial charge on any atom is 0.337 e. The lowest BCUT2D eigenvalue weighted by atomic mass is 10.1. The molecule has 0 radical (unpaired) electrons. The van der Waals surface area contributed by atoms with Crippen LogP contribution in [0.2, 0.25) is 5.02 Å². The lowest BCUT2D eigenvalue weighted by molar-refractivity contribution is 0.0600. The number of hydrogen-bond donors (Lipinski definition) is 1. The molecule has 126 valence electrons. The molecule has 0 spiro atoms. The van der Waals surface area contributed by atoms with E-state index < -0.39 is 0 Å². The molecule has 2 rings (SSSR count). The molecule has 1 amide bonds. The third kappa shape index (κ3) is 4.49. The molecule has 0 saturated carbocycles. The maximum absolute atomic E-state index is 12.2. The number of halogens is 1. The summed E-state index contributed by atoms with van der Waals surface area (Å²) in [6.45, 7) is 0.450. The van der Waals surface area contributed by atoms with Crippen LogP contribution in [0.15, 0.2) is 42.5 Å². The van der Waals surface area contributed by atoms with Crippen molar-refractivity contribution in [2.24, 2.45) is 0 Å². The Morgan fingerprint density at radius 3 is 2.42 bits per heavy atom. The van der Waals surface area contributed by atoms with E-state index in [9.17, 15) is 9.59 Å². The van der Waals surface area contributed by atoms with Crippen LogP contribution in [0.4, 0.5) is 0 Å². The van der Waals surface area contributed by atoms with Crippen molar-refractivity contribution in [1.82, 2.24) is 5.32 Å². The molecule has 0 unspecified atom stereocenters. The van der Waals surface area contributed by atoms with E-state index in [1.807, 2.05) is 12.1 Å². The van der Waals surface area contributed by atoms with Crippen molar-refractivity contribution in [1.29, 1.82) is 0 Å². The van der Waals surface area contributed by atoms with Crippen LogP contribution in [0.3, 0.4) is 0 Å². The Kier molecular flexibility index (Phi) is 6.21. The van der Waals surface area contributed by atoms with Gasteiger partial charge in [0.15, 0.2) is 0 Å². The van der Waals surface area contributed by atoms with Crippen molar-refractivity contribution in [3.8, 4) is 5.75 Å². The van der Waals surface area contributed by atoms with Gasteiger partial charge in [-0.1, -0.05) is 23.7 Å². The summed E-state index contributed by atoms with van der Waals surface area (Å²) in [7, 11) is 2.85. The van der Waals surface area contributed by atoms with Crippen molar-refractivity contribution >= 4 is 23.5 Å². The van der Waals surface area contributed by atoms with Crippen LogP contribution in [-0.2, 0) is 11.2 Å². The molecular weight excluding hydrogens is 330 g/mol. The van der Waals surface area contributed by atoms with Gasteiger partial charge in [0.1, 0.15) is 5.75 Å². The molecule has 0 fully saturated rings. The molecule has 6 heteroatoms. The Morgan fingerprint density at radius 2 is 1.79 bits per heavy atom. The largest absolute Gasteiger partial charge is 0.496 e. The Bertz CT molecular complexity index is 728. The van der Waals surface area contributed by atoms with Gasteiger partial charge in [0.25, 0.3) is 5.91 Å². The monoisotopic (exact) mass is 347 g/mol. The summed E-state index contributed by atoms with van der Waals surface area (Å²) in [5.41, 5.74) is 1.89. The minimum Gasteiger partial charge on any atom is -0.496 e. The van der Waals surface area contributed by atoms with E-state index in [0.29, 0.717) is 34.9 Å². The molecule has 5 nitrogen and oxygen atoms in total. The van der Waals surface area contributed by atoms with Gasteiger partial charge in [0, 0.05) is 11.6 Å². The summed E-state index contributed by atoms with van der Waals surface area (Å²) in [6, 6.07) is 12.0. The molecule has 0 aliphatic heterocycles. The van der Waals surface area contributed by atoms with Crippen LogP contribution < -0.4 is 10.1 Å². The van der Waals surface area contributed by atoms with Crippen molar-refractivity contribution in [3.05, 3.63) is 64.2 Å². The summed E-state index contributed by atoms with van der Waals surface area (Å²) in [5, 5.41) is 3.30. The molecule has 0 aromatic heterocycles. The second-order valence-electron chi connectivity index (χ2n) is 5.04. The highest BCUT2D eigenvalue weighted by molar-refractivity contribution is 6.31. The zero-order valence-corrected chi connectivity index (χ0v) is 14.2. The van der Waals surface area contributed by atoms with Crippen LogP contribution >= 0.6 is 11.6 Å². The van der Waals surface area contributed by atoms with Crippen LogP contribution in [-0.4, -0.2) is 32.6 Å². The number of amides is 1. The minimum absolute atomic E-state index is 0.250. The second kappa shape index (κ2) is 8.36. The number of carbonyl (C=O) groups excluding carboxylic acids is 2. The molecule has 0 saturated heterocycles. The van der Waals surface area contributed by atoms with Gasteiger partial charge < -0.3 is 14.8 Å². The Balaban J connectivity index is 1.93. The van der Waals surface area contributed by atoms with E-state index in [1.54, 1.807) is 30.3 Å². The number of hydrogen-bond acceptors (Lipinski definition) is 4. The molecule has 2 aromatic carbocycles. The van der Waals surface area contributed by atoms with E-state index in [4.69, 9.17) is 16.3 Å². The molecular formula is C18H18ClNO4. The molecule has 0 aliphatic carbocycles. The first-order valence-corrected chi connectivity index (χ1v) is 7.72. The molecule has 0 heterocycles. The lowest BCUT2D eigenvalue weighted by Gasteiger charge is -2.10. The predicted octanol–water partition coefficient (Wildman–Crippen LogP) is 3.11. The van der Waals surface area contributed by atoms with Gasteiger partial charge in [-0.15, -0.1) is 0 Å². The van der Waals surface area contributed by atoms with E-state index in [1.165, 1.54) is 14.2 Å². The van der Waals surface area contributed by atoms with Crippen molar-refractivity contribution < 1.29 is 19.1 Å². The highest BCUT2D eigenvalue weighted by Gasteiger charge is 2.12. The first kappa shape index (κ1) is 17.8. The highest BCUT2D eigenvalue weighted by Crippen LogP contribution is 2.22. The molecule has 0 aliphatic rings. The standard InChI is InChI=1S/C18H18ClNO4/c1-23-16-8-7-14(19)11-15(16)17(21)20-10-9-12-3-5-13(6-4-12)18(22)24-2/h3-8,11H,9-10H2,1-2H3,(H,20,21). The van der Waals surface area contributed by atoms with Crippen LogP contribution in [0.5, 0.6) is 5.75 Å². The number of rotatable bonds is 6. The number of esters is 1. The average Bonchev–Trinajstić information content (AvgIpc) is 2.61. The lowest BCUT2D eigenvalue weighted by Crippen LogP contribution is -2.26. The average molecular weight is 348 g/mol. The van der Waals surface area contributed by atoms with Crippen LogP contribution in [0.1, 0.15) is 26.3 Å².